The second-order valence-electron chi connectivity index (χ2n) is 8.61. The van der Waals surface area contributed by atoms with Gasteiger partial charge in [0.05, 0.1) is 12.7 Å². The number of pyridine rings is 1. The highest BCUT2D eigenvalue weighted by Crippen LogP contribution is 2.36. The molecule has 35 heavy (non-hydrogen) atoms. The van der Waals surface area contributed by atoms with E-state index in [1.165, 1.54) is 19.2 Å². The summed E-state index contributed by atoms with van der Waals surface area (Å²) >= 11 is 0. The van der Waals surface area contributed by atoms with Gasteiger partial charge in [-0.05, 0) is 55.2 Å². The number of anilines is 1. The van der Waals surface area contributed by atoms with Gasteiger partial charge in [-0.3, -0.25) is 5.73 Å². The molecule has 3 aromatic rings. The van der Waals surface area contributed by atoms with Crippen LogP contribution in [0.5, 0.6) is 11.5 Å². The van der Waals surface area contributed by atoms with Crippen molar-refractivity contribution in [3.8, 4) is 28.7 Å². The zero-order valence-corrected chi connectivity index (χ0v) is 19.5. The lowest BCUT2D eigenvalue weighted by atomic mass is 9.87. The number of rotatable bonds is 5. The summed E-state index contributed by atoms with van der Waals surface area (Å²) in [6.45, 7) is -0.00313. The number of fused-ring (bicyclic) bond motifs is 1. The summed E-state index contributed by atoms with van der Waals surface area (Å²) < 4.78 is 50.4. The predicted octanol–water partition coefficient (Wildman–Crippen LogP) is 5.89. The second-order valence-corrected chi connectivity index (χ2v) is 8.61. The van der Waals surface area contributed by atoms with Crippen molar-refractivity contribution in [3.63, 3.8) is 0 Å². The quantitative estimate of drug-likeness (QED) is 0.492. The summed E-state index contributed by atoms with van der Waals surface area (Å²) in [5, 5.41) is 9.91. The largest absolute Gasteiger partial charge is 0.496 e. The zero-order valence-electron chi connectivity index (χ0n) is 19.5. The molecular formula is C27H27F3N3O2+. The van der Waals surface area contributed by atoms with Crippen molar-refractivity contribution in [2.75, 3.05) is 12.8 Å². The summed E-state index contributed by atoms with van der Waals surface area (Å²) in [7, 11) is 1.52. The molecule has 1 heterocycles. The molecule has 8 heteroatoms. The Morgan fingerprint density at radius 1 is 1.06 bits per heavy atom. The Labute approximate surface area is 202 Å². The molecule has 0 radical (unpaired) electrons. The fourth-order valence-electron chi connectivity index (χ4n) is 4.59. The number of nitrogens with one attached hydrogen (secondary N) is 1. The summed E-state index contributed by atoms with van der Waals surface area (Å²) in [4.78, 5) is 3.24. The maximum absolute atomic E-state index is 13.1. The summed E-state index contributed by atoms with van der Waals surface area (Å²) in [5.74, 6) is 0.977. The van der Waals surface area contributed by atoms with Gasteiger partial charge < -0.3 is 9.47 Å². The third-order valence-corrected chi connectivity index (χ3v) is 6.31. The van der Waals surface area contributed by atoms with Crippen LogP contribution < -0.4 is 20.2 Å². The first-order valence-corrected chi connectivity index (χ1v) is 11.6. The Morgan fingerprint density at radius 2 is 1.83 bits per heavy atom. The van der Waals surface area contributed by atoms with Gasteiger partial charge in [0, 0.05) is 23.1 Å². The number of nitrogens with two attached hydrogens (primary N) is 1. The maximum Gasteiger partial charge on any atom is 0.416 e. The number of hydrogen-bond donors (Lipinski definition) is 1. The minimum atomic E-state index is -4.45. The van der Waals surface area contributed by atoms with E-state index in [9.17, 15) is 18.4 Å². The van der Waals surface area contributed by atoms with Crippen molar-refractivity contribution < 1.29 is 27.6 Å². The van der Waals surface area contributed by atoms with E-state index < -0.39 is 11.7 Å². The number of alkyl halides is 3. The van der Waals surface area contributed by atoms with E-state index in [0.717, 1.165) is 73.0 Å². The standard InChI is InChI=1S/C27H26F3N3O2/c1-34-24-12-11-17(13-18(24)16-35-20-8-6-7-19(14-20)27(28,29)30)25-21-9-4-2-3-5-10-23(21)33-26(32)22(25)15-31/h6-8,11-14H,2-5,9-10,16H2,1H3,(H2,32,33)/p+1. The van der Waals surface area contributed by atoms with E-state index in [1.54, 1.807) is 6.07 Å². The van der Waals surface area contributed by atoms with Crippen molar-refractivity contribution in [2.24, 2.45) is 0 Å². The average molecular weight is 483 g/mol. The third kappa shape index (κ3) is 5.35. The highest BCUT2D eigenvalue weighted by Gasteiger charge is 2.30. The molecule has 3 N–H and O–H groups in total. The Morgan fingerprint density at radius 3 is 2.54 bits per heavy atom. The van der Waals surface area contributed by atoms with Crippen molar-refractivity contribution in [2.45, 2.75) is 51.3 Å². The highest BCUT2D eigenvalue weighted by atomic mass is 19.4. The number of nitrogens with zero attached hydrogens (tertiary/aromatic N) is 1. The van der Waals surface area contributed by atoms with Gasteiger partial charge in [0.25, 0.3) is 5.82 Å². The van der Waals surface area contributed by atoms with E-state index >= 15 is 0 Å². The smallest absolute Gasteiger partial charge is 0.416 e. The number of aromatic nitrogens is 1. The highest BCUT2D eigenvalue weighted by molar-refractivity contribution is 5.78. The predicted molar refractivity (Wildman–Crippen MR) is 126 cm³/mol. The van der Waals surface area contributed by atoms with Gasteiger partial charge in [-0.15, -0.1) is 0 Å². The number of nitriles is 1. The van der Waals surface area contributed by atoms with Crippen LogP contribution >= 0.6 is 0 Å². The molecule has 0 amide bonds. The zero-order chi connectivity index (χ0) is 25.0. The number of methoxy groups -OCH3 is 1. The van der Waals surface area contributed by atoms with Crippen LogP contribution in [0.2, 0.25) is 0 Å². The molecule has 1 aliphatic rings. The molecule has 0 atom stereocenters. The van der Waals surface area contributed by atoms with Gasteiger partial charge in [-0.1, -0.05) is 25.0 Å². The van der Waals surface area contributed by atoms with Crippen LogP contribution in [0.1, 0.15) is 53.6 Å². The molecule has 5 nitrogen and oxygen atoms in total. The van der Waals surface area contributed by atoms with E-state index in [4.69, 9.17) is 15.2 Å². The third-order valence-electron chi connectivity index (χ3n) is 6.31. The average Bonchev–Trinajstić information content (AvgIpc) is 2.82. The first-order valence-electron chi connectivity index (χ1n) is 11.6. The van der Waals surface area contributed by atoms with Gasteiger partial charge in [0.15, 0.2) is 0 Å². The van der Waals surface area contributed by atoms with E-state index in [2.05, 4.69) is 11.1 Å². The summed E-state index contributed by atoms with van der Waals surface area (Å²) in [6, 6.07) is 12.5. The second kappa shape index (κ2) is 10.3. The van der Waals surface area contributed by atoms with Crippen LogP contribution in [0.15, 0.2) is 42.5 Å². The number of H-pyrrole nitrogens is 1. The van der Waals surface area contributed by atoms with Crippen molar-refractivity contribution in [3.05, 3.63) is 70.4 Å². The molecule has 0 spiro atoms. The van der Waals surface area contributed by atoms with Gasteiger partial charge in [-0.2, -0.15) is 18.4 Å². The summed E-state index contributed by atoms with van der Waals surface area (Å²) in [5.41, 5.74) is 10.2. The van der Waals surface area contributed by atoms with Crippen molar-refractivity contribution >= 4 is 5.82 Å². The number of aromatic amines is 1. The lowest BCUT2D eigenvalue weighted by Gasteiger charge is -2.19. The van der Waals surface area contributed by atoms with Crippen LogP contribution in [-0.2, 0) is 25.6 Å². The fraction of sp³-hybridized carbons (Fsp3) is 0.333. The lowest BCUT2D eigenvalue weighted by molar-refractivity contribution is -0.374. The van der Waals surface area contributed by atoms with Crippen LogP contribution in [0, 0.1) is 11.3 Å². The maximum atomic E-state index is 13.1. The van der Waals surface area contributed by atoms with Gasteiger partial charge in [0.1, 0.15) is 35.4 Å². The van der Waals surface area contributed by atoms with Crippen molar-refractivity contribution in [1.29, 1.82) is 5.26 Å². The number of benzene rings is 2. The number of nitrogen functional groups attached to an aromatic ring is 1. The first kappa shape index (κ1) is 24.4. The topological polar surface area (TPSA) is 82.4 Å². The lowest BCUT2D eigenvalue weighted by Crippen LogP contribution is -2.23. The van der Waals surface area contributed by atoms with E-state index in [-0.39, 0.29) is 12.4 Å². The Bertz CT molecular complexity index is 1270. The normalized spacial score (nSPS) is 13.8. The molecule has 1 aliphatic carbocycles. The van der Waals surface area contributed by atoms with Gasteiger partial charge in [0.2, 0.25) is 0 Å². The fourth-order valence-corrected chi connectivity index (χ4v) is 4.59. The molecule has 0 saturated carbocycles. The number of ether oxygens (including phenoxy) is 2. The molecular weight excluding hydrogens is 455 g/mol. The Hall–Kier alpha value is -3.73. The molecule has 0 fully saturated rings. The molecule has 0 bridgehead atoms. The molecule has 0 unspecified atom stereocenters. The van der Waals surface area contributed by atoms with Gasteiger partial charge >= 0.3 is 6.18 Å². The number of aryl methyl sites for hydroxylation is 1. The molecule has 0 saturated heterocycles. The number of hydrogen-bond acceptors (Lipinski definition) is 4. The Kier molecular flexibility index (Phi) is 7.15. The first-order chi connectivity index (χ1) is 16.8. The minimum absolute atomic E-state index is 0.00313. The monoisotopic (exact) mass is 482 g/mol. The Balaban J connectivity index is 1.74. The molecule has 4 rings (SSSR count). The number of halogens is 3. The SMILES string of the molecule is COc1ccc(-c2c(C#N)c(N)[nH+]c3c2CCCCCC3)cc1COc1cccc(C(F)(F)F)c1. The van der Waals surface area contributed by atoms with Crippen molar-refractivity contribution in [1.82, 2.24) is 0 Å². The molecule has 182 valence electrons. The van der Waals surface area contributed by atoms with Crippen LogP contribution in [0.3, 0.4) is 0 Å². The molecule has 2 aromatic carbocycles. The van der Waals surface area contributed by atoms with Crippen LogP contribution in [-0.4, -0.2) is 7.11 Å². The molecule has 0 aliphatic heterocycles. The summed E-state index contributed by atoms with van der Waals surface area (Å²) in [6.07, 6.45) is 1.59. The van der Waals surface area contributed by atoms with E-state index in [1.807, 2.05) is 12.1 Å². The van der Waals surface area contributed by atoms with Crippen LogP contribution in [0.25, 0.3) is 11.1 Å². The minimum Gasteiger partial charge on any atom is -0.496 e. The van der Waals surface area contributed by atoms with Gasteiger partial charge in [-0.25, -0.2) is 4.98 Å². The van der Waals surface area contributed by atoms with Crippen LogP contribution in [0.4, 0.5) is 19.0 Å². The van der Waals surface area contributed by atoms with E-state index in [0.29, 0.717) is 22.7 Å². The molecule has 1 aromatic heterocycles.